The van der Waals surface area contributed by atoms with Crippen LogP contribution in [0.15, 0.2) is 12.7 Å². The van der Waals surface area contributed by atoms with Crippen LogP contribution in [-0.4, -0.2) is 180 Å². The highest BCUT2D eigenvalue weighted by atomic mass is 32.2. The van der Waals surface area contributed by atoms with Crippen molar-refractivity contribution in [3.8, 4) is 0 Å². The molecule has 10 fully saturated rings. The number of piperidine rings is 2. The molecule has 0 radical (unpaired) electrons. The molecule has 0 unspecified atom stereocenters. The van der Waals surface area contributed by atoms with E-state index in [0.29, 0.717) is 103 Å². The van der Waals surface area contributed by atoms with E-state index in [9.17, 15) is 64.8 Å². The first kappa shape index (κ1) is 78.5. The molecule has 0 aromatic rings. The maximum Gasteiger partial charge on any atom is 0.315 e. The second kappa shape index (κ2) is 33.0. The molecule has 5 aliphatic heterocycles. The van der Waals surface area contributed by atoms with E-state index in [1.54, 1.807) is 23.6 Å². The summed E-state index contributed by atoms with van der Waals surface area (Å²) in [7, 11) is -6.90. The lowest BCUT2D eigenvalue weighted by Gasteiger charge is -2.42. The van der Waals surface area contributed by atoms with Crippen LogP contribution in [0.5, 0.6) is 0 Å². The quantitative estimate of drug-likeness (QED) is 0.0545. The van der Waals surface area contributed by atoms with Gasteiger partial charge in [0.25, 0.3) is 11.8 Å². The topological polar surface area (TPSA) is 342 Å². The molecule has 10 aliphatic rings. The summed E-state index contributed by atoms with van der Waals surface area (Å²) in [5.41, 5.74) is -2.14. The highest BCUT2D eigenvalue weighted by Crippen LogP contribution is 2.66. The predicted octanol–water partition coefficient (Wildman–Crippen LogP) is 7.60. The Morgan fingerprint density at radius 2 is 0.980 bits per heavy atom. The lowest BCUT2D eigenvalue weighted by molar-refractivity contribution is -0.144. The van der Waals surface area contributed by atoms with Crippen LogP contribution >= 0.6 is 0 Å². The molecule has 5 heterocycles. The first-order valence-electron chi connectivity index (χ1n) is 38.4. The third-order valence-corrected chi connectivity index (χ3v) is 30.5. The Bertz CT molecular complexity index is 3250. The monoisotopic (exact) mass is 1440 g/mol. The molecule has 24 nitrogen and oxygen atoms in total. The summed E-state index contributed by atoms with van der Waals surface area (Å²) in [4.78, 5) is 140. The van der Waals surface area contributed by atoms with Crippen molar-refractivity contribution in [3.63, 3.8) is 0 Å². The van der Waals surface area contributed by atoms with Crippen molar-refractivity contribution in [1.82, 2.24) is 52.3 Å². The molecular weight excluding hydrogens is 1320 g/mol. The third kappa shape index (κ3) is 18.5. The van der Waals surface area contributed by atoms with Gasteiger partial charge in [-0.3, -0.25) is 38.4 Å². The van der Waals surface area contributed by atoms with Gasteiger partial charge in [0, 0.05) is 25.7 Å². The van der Waals surface area contributed by atoms with Crippen LogP contribution in [0.2, 0.25) is 0 Å². The Labute approximate surface area is 594 Å². The molecular formula is C74H120N10O14S2. The Kier molecular flexibility index (Phi) is 25.9. The number of nitrogens with one attached hydrogen (secondary N) is 8. The number of Topliss-reactive ketones (excluding diaryl/α,β-unsaturated/α-hetero) is 2. The van der Waals surface area contributed by atoms with E-state index in [1.807, 2.05) is 6.92 Å². The molecule has 5 saturated carbocycles. The first-order valence-corrected chi connectivity index (χ1v) is 41.8. The third-order valence-electron chi connectivity index (χ3n) is 25.1. The van der Waals surface area contributed by atoms with Crippen LogP contribution in [-0.2, 0) is 58.0 Å². The minimum atomic E-state index is -3.56. The van der Waals surface area contributed by atoms with Gasteiger partial charge in [0.05, 0.1) is 44.7 Å². The Morgan fingerprint density at radius 1 is 0.560 bits per heavy atom. The van der Waals surface area contributed by atoms with Crippen LogP contribution in [0.3, 0.4) is 0 Å². The number of amides is 10. The van der Waals surface area contributed by atoms with E-state index in [1.165, 1.54) is 6.08 Å². The fraction of sp³-hybridized carbons (Fsp3) is 0.838. The molecule has 10 amide bonds. The van der Waals surface area contributed by atoms with Crippen molar-refractivity contribution in [1.29, 1.82) is 0 Å². The molecule has 5 saturated heterocycles. The number of carbonyl (C=O) groups is 10. The van der Waals surface area contributed by atoms with Crippen LogP contribution in [0.25, 0.3) is 0 Å². The normalized spacial score (nSPS) is 31.6. The second-order valence-electron chi connectivity index (χ2n) is 33.2. The number of carbonyl (C=O) groups excluding carboxylic acids is 10. The van der Waals surface area contributed by atoms with Gasteiger partial charge in [-0.15, -0.1) is 6.58 Å². The van der Waals surface area contributed by atoms with E-state index < -0.39 is 124 Å². The highest BCUT2D eigenvalue weighted by molar-refractivity contribution is 7.93. The van der Waals surface area contributed by atoms with Crippen molar-refractivity contribution in [2.45, 2.75) is 324 Å². The van der Waals surface area contributed by atoms with Gasteiger partial charge in [-0.05, 0) is 132 Å². The molecule has 11 atom stereocenters. The fourth-order valence-electron chi connectivity index (χ4n) is 18.1. The fourth-order valence-corrected chi connectivity index (χ4v) is 22.4. The maximum absolute atomic E-state index is 14.5. The lowest BCUT2D eigenvalue weighted by Crippen LogP contribution is -2.63. The van der Waals surface area contributed by atoms with Gasteiger partial charge < -0.3 is 52.3 Å². The standard InChI is InChI=1S/C38H63N5O7S.C36H57N5O7S/c1-7-23-39-33(46)31(44)27-19-15-12-10-9-11-13-16-20-28(34(47)43-24-26-29(37(26,5)6)30(43)32(45)40-27)41-35(48)42-38(21-17-14-18-22-38)25-51(49,50)36(3,4)8-2;1-35(2)24-22-41-29(28(24)35)31(43)38-25(30(42)32(44)37-23-17-18-23)14-9-6-4-3-5-7-10-15-26(33(41)45)39-34(46)40-36(19-11-8-12-20-36)27-16-13-21-49(27,47)48/h7,26-30H,1,8-25H2,2-6H3,(H,39,46)(H,40,45)(H2,41,42,48);23-29H,3-22H2,1-2H3,(H,37,44)(H,38,43)(H2,39,40,46)/t26-,27-,28-,29-,30-;24-,25-,26-,27-,28-,29-/m00/s1. The molecule has 562 valence electrons. The van der Waals surface area contributed by atoms with E-state index in [2.05, 4.69) is 76.8 Å². The SMILES string of the molecule is C=CCNC(=O)C(=O)[C@@H]1CCCCCCCCC[C@H](NC(=O)NC2(CS(=O)(=O)C(C)(C)CC)CCCCC2)C(=O)N2C[C@H]3[C@@H]([C@H]2C(=O)N1)C3(C)C.CC1(C)[C@@H]2[C@H]3C(=O)N[C@H](C(=O)C(=O)NC4CC4)CCCCCCCCC[C@H](NC(=O)NC4([C@@H]5CCCS5(=O)=O)CCCCC4)C(=O)N3C[C@@H]21. The Morgan fingerprint density at radius 3 is 1.41 bits per heavy atom. The molecule has 0 spiro atoms. The number of ketones is 2. The van der Waals surface area contributed by atoms with Crippen molar-refractivity contribution in [2.24, 2.45) is 34.5 Å². The molecule has 100 heavy (non-hydrogen) atoms. The van der Waals surface area contributed by atoms with Gasteiger partial charge in [0.15, 0.2) is 19.7 Å². The molecule has 0 aromatic carbocycles. The minimum Gasteiger partial charge on any atom is -0.347 e. The summed E-state index contributed by atoms with van der Waals surface area (Å²) in [5, 5.41) is 22.5. The first-order chi connectivity index (χ1) is 47.3. The van der Waals surface area contributed by atoms with Crippen molar-refractivity contribution >= 4 is 78.7 Å². The zero-order valence-electron chi connectivity index (χ0n) is 61.0. The predicted molar refractivity (Wildman–Crippen MR) is 381 cm³/mol. The smallest absolute Gasteiger partial charge is 0.315 e. The molecule has 0 aromatic heterocycles. The summed E-state index contributed by atoms with van der Waals surface area (Å²) in [5.74, 6) is -4.43. The van der Waals surface area contributed by atoms with Crippen LogP contribution in [0.4, 0.5) is 9.59 Å². The molecule has 0 bridgehead atoms. The largest absolute Gasteiger partial charge is 0.347 e. The van der Waals surface area contributed by atoms with E-state index in [4.69, 9.17) is 0 Å². The number of urea groups is 2. The van der Waals surface area contributed by atoms with E-state index in [-0.39, 0.29) is 70.4 Å². The highest BCUT2D eigenvalue weighted by Gasteiger charge is 2.71. The van der Waals surface area contributed by atoms with Gasteiger partial charge in [-0.25, -0.2) is 26.4 Å². The number of nitrogens with zero attached hydrogens (tertiary/aromatic N) is 2. The van der Waals surface area contributed by atoms with E-state index >= 15 is 0 Å². The van der Waals surface area contributed by atoms with Gasteiger partial charge in [0.2, 0.25) is 35.2 Å². The summed E-state index contributed by atoms with van der Waals surface area (Å²) < 4.78 is 52.4. The number of rotatable bonds is 16. The minimum absolute atomic E-state index is 0.0199. The zero-order chi connectivity index (χ0) is 72.6. The van der Waals surface area contributed by atoms with Gasteiger partial charge >= 0.3 is 12.1 Å². The Hall–Kier alpha value is -5.66. The summed E-state index contributed by atoms with van der Waals surface area (Å²) in [6, 6.07) is -6.54. The van der Waals surface area contributed by atoms with Crippen molar-refractivity contribution in [3.05, 3.63) is 12.7 Å². The summed E-state index contributed by atoms with van der Waals surface area (Å²) in [6.45, 7) is 18.1. The van der Waals surface area contributed by atoms with E-state index in [0.717, 1.165) is 122 Å². The van der Waals surface area contributed by atoms with Crippen LogP contribution in [0, 0.1) is 34.5 Å². The van der Waals surface area contributed by atoms with Crippen molar-refractivity contribution in [2.75, 3.05) is 31.1 Å². The van der Waals surface area contributed by atoms with Gasteiger partial charge in [-0.1, -0.05) is 169 Å². The molecule has 10 rings (SSSR count). The Balaban J connectivity index is 0.000000233. The van der Waals surface area contributed by atoms with Crippen molar-refractivity contribution < 1.29 is 64.8 Å². The maximum atomic E-state index is 14.5. The number of hydrogen-bond donors (Lipinski definition) is 8. The average Bonchev–Trinajstić information content (AvgIpc) is 1.53. The summed E-state index contributed by atoms with van der Waals surface area (Å²) >= 11 is 0. The summed E-state index contributed by atoms with van der Waals surface area (Å²) in [6.07, 6.45) is 25.8. The number of sulfone groups is 2. The number of hydrogen-bond acceptors (Lipinski definition) is 14. The average molecular weight is 1440 g/mol. The molecule has 5 aliphatic carbocycles. The second-order valence-corrected chi connectivity index (χ2v) is 38.1. The van der Waals surface area contributed by atoms with Crippen LogP contribution in [0.1, 0.15) is 260 Å². The van der Waals surface area contributed by atoms with Crippen LogP contribution < -0.4 is 42.5 Å². The van der Waals surface area contributed by atoms with Gasteiger partial charge in [0.1, 0.15) is 24.2 Å². The number of fused-ring (bicyclic) bond motifs is 6. The molecule has 8 N–H and O–H groups in total. The zero-order valence-corrected chi connectivity index (χ0v) is 62.6. The lowest BCUT2D eigenvalue weighted by atomic mass is 9.78. The van der Waals surface area contributed by atoms with Gasteiger partial charge in [-0.2, -0.15) is 0 Å². The molecule has 26 heteroatoms.